The second-order valence-electron chi connectivity index (χ2n) is 8.32. The lowest BCUT2D eigenvalue weighted by Gasteiger charge is -2.18. The summed E-state index contributed by atoms with van der Waals surface area (Å²) >= 11 is 1.82. The van der Waals surface area contributed by atoms with Crippen LogP contribution in [0.15, 0.2) is 109 Å². The molecule has 1 amide bonds. The summed E-state index contributed by atoms with van der Waals surface area (Å²) in [4.78, 5) is 12.5. The molecule has 34 heavy (non-hydrogen) atoms. The van der Waals surface area contributed by atoms with Gasteiger partial charge in [0.15, 0.2) is 0 Å². The van der Waals surface area contributed by atoms with Gasteiger partial charge in [0.1, 0.15) is 6.61 Å². The maximum absolute atomic E-state index is 12.5. The smallest absolute Gasteiger partial charge is 0.407 e. The van der Waals surface area contributed by atoms with Gasteiger partial charge in [-0.1, -0.05) is 109 Å². The first-order valence-corrected chi connectivity index (χ1v) is 12.7. The second-order valence-corrected chi connectivity index (χ2v) is 9.54. The van der Waals surface area contributed by atoms with Gasteiger partial charge < -0.3 is 10.1 Å². The zero-order valence-electron chi connectivity index (χ0n) is 18.9. The zero-order valence-corrected chi connectivity index (χ0v) is 19.7. The normalized spacial score (nSPS) is 12.3. The van der Waals surface area contributed by atoms with Crippen LogP contribution in [0.4, 0.5) is 4.79 Å². The molecule has 3 nitrogen and oxygen atoms in total. The largest absolute Gasteiger partial charge is 0.449 e. The molecular formula is C30H27NO2S. The van der Waals surface area contributed by atoms with Gasteiger partial charge in [0, 0.05) is 18.2 Å². The molecule has 0 radical (unpaired) electrons. The number of carbonyl (C=O) groups excluding carboxylic acids is 1. The molecule has 4 aromatic carbocycles. The van der Waals surface area contributed by atoms with E-state index in [9.17, 15) is 4.79 Å². The van der Waals surface area contributed by atoms with E-state index in [1.54, 1.807) is 0 Å². The third kappa shape index (κ3) is 4.87. The third-order valence-corrected chi connectivity index (χ3v) is 7.52. The van der Waals surface area contributed by atoms with Crippen LogP contribution in [0.25, 0.3) is 11.1 Å². The Kier molecular flexibility index (Phi) is 6.97. The number of thioether (sulfide) groups is 1. The Morgan fingerprint density at radius 2 is 1.24 bits per heavy atom. The van der Waals surface area contributed by atoms with Crippen LogP contribution in [0, 0.1) is 0 Å². The number of amides is 1. The Hall–Kier alpha value is -3.50. The van der Waals surface area contributed by atoms with E-state index >= 15 is 0 Å². The molecule has 0 aliphatic heterocycles. The number of hydrogen-bond acceptors (Lipinski definition) is 3. The van der Waals surface area contributed by atoms with E-state index in [0.29, 0.717) is 13.2 Å². The van der Waals surface area contributed by atoms with Gasteiger partial charge in [0.25, 0.3) is 0 Å². The van der Waals surface area contributed by atoms with Crippen LogP contribution in [0.1, 0.15) is 33.4 Å². The highest BCUT2D eigenvalue weighted by Crippen LogP contribution is 2.44. The first-order valence-electron chi connectivity index (χ1n) is 11.6. The Morgan fingerprint density at radius 3 is 1.79 bits per heavy atom. The lowest BCUT2D eigenvalue weighted by Crippen LogP contribution is -2.28. The van der Waals surface area contributed by atoms with E-state index < -0.39 is 0 Å². The predicted octanol–water partition coefficient (Wildman–Crippen LogP) is 7.05. The van der Waals surface area contributed by atoms with Gasteiger partial charge in [-0.25, -0.2) is 4.79 Å². The highest BCUT2D eigenvalue weighted by Gasteiger charge is 2.29. The second kappa shape index (κ2) is 10.6. The quantitative estimate of drug-likeness (QED) is 0.283. The molecule has 1 aliphatic rings. The van der Waals surface area contributed by atoms with E-state index in [1.807, 2.05) is 36.0 Å². The van der Waals surface area contributed by atoms with Crippen LogP contribution in [0.5, 0.6) is 0 Å². The highest BCUT2D eigenvalue weighted by molar-refractivity contribution is 7.99. The molecule has 1 N–H and O–H groups in total. The molecule has 0 unspecified atom stereocenters. The van der Waals surface area contributed by atoms with Crippen molar-refractivity contribution >= 4 is 17.9 Å². The number of alkyl carbamates (subject to hydrolysis) is 1. The third-order valence-electron chi connectivity index (χ3n) is 6.20. The first-order chi connectivity index (χ1) is 16.8. The van der Waals surface area contributed by atoms with Gasteiger partial charge in [-0.3, -0.25) is 0 Å². The predicted molar refractivity (Wildman–Crippen MR) is 140 cm³/mol. The molecule has 0 heterocycles. The molecule has 1 aliphatic carbocycles. The fourth-order valence-electron chi connectivity index (χ4n) is 4.62. The summed E-state index contributed by atoms with van der Waals surface area (Å²) in [6.45, 7) is 0.890. The van der Waals surface area contributed by atoms with Crippen LogP contribution in [0.2, 0.25) is 0 Å². The molecule has 0 aromatic heterocycles. The Labute approximate surface area is 205 Å². The summed E-state index contributed by atoms with van der Waals surface area (Å²) in [7, 11) is 0. The van der Waals surface area contributed by atoms with Crippen molar-refractivity contribution in [3.05, 3.63) is 131 Å². The number of fused-ring (bicyclic) bond motifs is 3. The Bertz CT molecular complexity index is 1160. The minimum atomic E-state index is -0.363. The van der Waals surface area contributed by atoms with Gasteiger partial charge in [-0.2, -0.15) is 0 Å². The van der Waals surface area contributed by atoms with Crippen molar-refractivity contribution < 1.29 is 9.53 Å². The number of ether oxygens (including phenoxy) is 1. The van der Waals surface area contributed by atoms with Gasteiger partial charge in [0.2, 0.25) is 0 Å². The van der Waals surface area contributed by atoms with Crippen LogP contribution < -0.4 is 5.32 Å². The molecule has 4 heteroatoms. The summed E-state index contributed by atoms with van der Waals surface area (Å²) in [5, 5.41) is 3.16. The summed E-state index contributed by atoms with van der Waals surface area (Å²) in [6, 6.07) is 37.7. The fraction of sp³-hybridized carbons (Fsp3) is 0.167. The van der Waals surface area contributed by atoms with E-state index in [1.165, 1.54) is 33.4 Å². The monoisotopic (exact) mass is 465 g/mol. The standard InChI is InChI=1S/C30H27NO2S/c32-30(33-21-28-26-17-9-7-15-24(26)25-16-8-10-18-27(25)28)31-19-20-34-29(22-11-3-1-4-12-22)23-13-5-2-6-14-23/h1-18,28-29H,19-21H2,(H,31,32). The van der Waals surface area contributed by atoms with Crippen LogP contribution in [-0.2, 0) is 4.74 Å². The first kappa shape index (κ1) is 22.3. The maximum Gasteiger partial charge on any atom is 0.407 e. The number of benzene rings is 4. The molecular weight excluding hydrogens is 438 g/mol. The molecule has 0 saturated carbocycles. The minimum absolute atomic E-state index is 0.0769. The van der Waals surface area contributed by atoms with Gasteiger partial charge in [0.05, 0.1) is 5.25 Å². The SMILES string of the molecule is O=C(NCCSC(c1ccccc1)c1ccccc1)OCC1c2ccccc2-c2ccccc21. The van der Waals surface area contributed by atoms with E-state index in [2.05, 4.69) is 90.2 Å². The van der Waals surface area contributed by atoms with Crippen molar-refractivity contribution in [2.75, 3.05) is 18.9 Å². The van der Waals surface area contributed by atoms with Crippen LogP contribution in [0.3, 0.4) is 0 Å². The summed E-state index contributed by atoms with van der Waals surface area (Å²) < 4.78 is 5.66. The molecule has 5 rings (SSSR count). The molecule has 0 atom stereocenters. The summed E-state index contributed by atoms with van der Waals surface area (Å²) in [5.41, 5.74) is 7.44. The van der Waals surface area contributed by atoms with Crippen molar-refractivity contribution in [2.24, 2.45) is 0 Å². The van der Waals surface area contributed by atoms with Gasteiger partial charge >= 0.3 is 6.09 Å². The highest BCUT2D eigenvalue weighted by atomic mass is 32.2. The molecule has 0 spiro atoms. The van der Waals surface area contributed by atoms with Crippen molar-refractivity contribution in [1.82, 2.24) is 5.32 Å². The molecule has 0 saturated heterocycles. The number of hydrogen-bond donors (Lipinski definition) is 1. The van der Waals surface area contributed by atoms with Crippen LogP contribution in [-0.4, -0.2) is 25.0 Å². The molecule has 0 bridgehead atoms. The molecule has 0 fully saturated rings. The molecule has 4 aromatic rings. The minimum Gasteiger partial charge on any atom is -0.449 e. The van der Waals surface area contributed by atoms with E-state index in [4.69, 9.17) is 4.74 Å². The van der Waals surface area contributed by atoms with Crippen molar-refractivity contribution in [3.63, 3.8) is 0 Å². The number of rotatable bonds is 8. The van der Waals surface area contributed by atoms with Crippen molar-refractivity contribution in [2.45, 2.75) is 11.2 Å². The zero-order chi connectivity index (χ0) is 23.2. The fourth-order valence-corrected chi connectivity index (χ4v) is 5.77. The van der Waals surface area contributed by atoms with Gasteiger partial charge in [-0.15, -0.1) is 11.8 Å². The Balaban J connectivity index is 1.15. The average Bonchev–Trinajstić information content (AvgIpc) is 3.22. The lowest BCUT2D eigenvalue weighted by atomic mass is 9.98. The average molecular weight is 466 g/mol. The van der Waals surface area contributed by atoms with E-state index in [-0.39, 0.29) is 17.3 Å². The lowest BCUT2D eigenvalue weighted by molar-refractivity contribution is 0.143. The summed E-state index contributed by atoms with van der Waals surface area (Å²) in [5.74, 6) is 0.867. The van der Waals surface area contributed by atoms with E-state index in [0.717, 1.165) is 5.75 Å². The van der Waals surface area contributed by atoms with Crippen LogP contribution >= 0.6 is 11.8 Å². The van der Waals surface area contributed by atoms with Crippen molar-refractivity contribution in [1.29, 1.82) is 0 Å². The van der Waals surface area contributed by atoms with Crippen molar-refractivity contribution in [3.8, 4) is 11.1 Å². The topological polar surface area (TPSA) is 38.3 Å². The maximum atomic E-state index is 12.5. The number of carbonyl (C=O) groups is 1. The number of nitrogens with one attached hydrogen (secondary N) is 1. The summed E-state index contributed by atoms with van der Waals surface area (Å²) in [6.07, 6.45) is -0.363. The Morgan fingerprint density at radius 1 is 0.735 bits per heavy atom. The molecule has 170 valence electrons. The van der Waals surface area contributed by atoms with Gasteiger partial charge in [-0.05, 0) is 33.4 Å².